The Morgan fingerprint density at radius 3 is 2.55 bits per heavy atom. The van der Waals surface area contributed by atoms with Gasteiger partial charge in [-0.1, -0.05) is 17.7 Å². The quantitative estimate of drug-likeness (QED) is 0.840. The van der Waals surface area contributed by atoms with Gasteiger partial charge in [0.2, 0.25) is 0 Å². The molecule has 0 spiro atoms. The molecule has 0 unspecified atom stereocenters. The van der Waals surface area contributed by atoms with Crippen LogP contribution in [-0.2, 0) is 17.5 Å². The summed E-state index contributed by atoms with van der Waals surface area (Å²) in [5, 5.41) is 8.65. The number of halogens is 4. The monoisotopic (exact) mass is 311 g/mol. The number of hydrogen-bond donors (Lipinski definition) is 1. The van der Waals surface area contributed by atoms with Gasteiger partial charge in [-0.05, 0) is 17.7 Å². The maximum atomic E-state index is 12.8. The third-order valence-corrected chi connectivity index (χ3v) is 3.10. The smallest absolute Gasteiger partial charge is 0.395 e. The zero-order chi connectivity index (χ0) is 15.2. The summed E-state index contributed by atoms with van der Waals surface area (Å²) in [6.07, 6.45) is -4.47. The van der Waals surface area contributed by atoms with E-state index in [-0.39, 0.29) is 11.6 Å². The van der Waals surface area contributed by atoms with Crippen LogP contribution in [0.3, 0.4) is 0 Å². The van der Waals surface area contributed by atoms with E-state index >= 15 is 0 Å². The molecule has 0 aliphatic carbocycles. The highest BCUT2D eigenvalue weighted by molar-refractivity contribution is 6.31. The third kappa shape index (κ3) is 5.28. The van der Waals surface area contributed by atoms with Gasteiger partial charge in [0.15, 0.2) is 0 Å². The van der Waals surface area contributed by atoms with Crippen LogP contribution in [0.5, 0.6) is 0 Å². The second kappa shape index (κ2) is 7.83. The second-order valence-electron chi connectivity index (χ2n) is 4.30. The van der Waals surface area contributed by atoms with Gasteiger partial charge in [0, 0.05) is 26.7 Å². The lowest BCUT2D eigenvalue weighted by molar-refractivity contribution is -0.137. The maximum Gasteiger partial charge on any atom is 0.417 e. The number of rotatable bonds is 7. The molecule has 0 amide bonds. The van der Waals surface area contributed by atoms with E-state index in [1.165, 1.54) is 6.07 Å². The molecular formula is C13H17ClF3NO2. The Labute approximate surface area is 120 Å². The first-order chi connectivity index (χ1) is 9.38. The van der Waals surface area contributed by atoms with Crippen molar-refractivity contribution >= 4 is 11.6 Å². The second-order valence-corrected chi connectivity index (χ2v) is 4.71. The van der Waals surface area contributed by atoms with Crippen molar-refractivity contribution in [3.05, 3.63) is 34.3 Å². The lowest BCUT2D eigenvalue weighted by Crippen LogP contribution is -2.30. The molecule has 0 atom stereocenters. The first-order valence-electron chi connectivity index (χ1n) is 6.06. The number of hydrogen-bond acceptors (Lipinski definition) is 3. The lowest BCUT2D eigenvalue weighted by atomic mass is 10.1. The highest BCUT2D eigenvalue weighted by Gasteiger charge is 2.33. The van der Waals surface area contributed by atoms with Crippen molar-refractivity contribution in [2.24, 2.45) is 0 Å². The van der Waals surface area contributed by atoms with E-state index in [0.717, 1.165) is 6.07 Å². The molecular weight excluding hydrogens is 295 g/mol. The summed E-state index contributed by atoms with van der Waals surface area (Å²) in [7, 11) is 1.54. The number of benzene rings is 1. The van der Waals surface area contributed by atoms with Gasteiger partial charge in [0.05, 0.1) is 23.8 Å². The van der Waals surface area contributed by atoms with Gasteiger partial charge < -0.3 is 9.84 Å². The number of nitrogens with zero attached hydrogens (tertiary/aromatic N) is 1. The van der Waals surface area contributed by atoms with Crippen molar-refractivity contribution in [3.63, 3.8) is 0 Å². The van der Waals surface area contributed by atoms with E-state index in [4.69, 9.17) is 21.4 Å². The van der Waals surface area contributed by atoms with E-state index < -0.39 is 11.7 Å². The Morgan fingerprint density at radius 2 is 2.00 bits per heavy atom. The molecule has 1 rings (SSSR count). The highest BCUT2D eigenvalue weighted by Crippen LogP contribution is 2.35. The normalized spacial score (nSPS) is 12.2. The minimum absolute atomic E-state index is 0.0660. The number of alkyl halides is 3. The molecule has 0 saturated carbocycles. The van der Waals surface area contributed by atoms with Crippen LogP contribution in [0.25, 0.3) is 0 Å². The van der Waals surface area contributed by atoms with Crippen LogP contribution in [0, 0.1) is 0 Å². The van der Waals surface area contributed by atoms with Crippen LogP contribution >= 0.6 is 11.6 Å². The topological polar surface area (TPSA) is 32.7 Å². The maximum absolute atomic E-state index is 12.8. The summed E-state index contributed by atoms with van der Waals surface area (Å²) >= 11 is 5.57. The molecule has 3 nitrogen and oxygen atoms in total. The van der Waals surface area contributed by atoms with Gasteiger partial charge in [-0.15, -0.1) is 0 Å². The minimum atomic E-state index is -4.47. The van der Waals surface area contributed by atoms with Crippen LogP contribution in [0.2, 0.25) is 5.02 Å². The first-order valence-corrected chi connectivity index (χ1v) is 6.44. The average molecular weight is 312 g/mol. The van der Waals surface area contributed by atoms with Crippen molar-refractivity contribution < 1.29 is 23.0 Å². The predicted molar refractivity (Wildman–Crippen MR) is 70.7 cm³/mol. The van der Waals surface area contributed by atoms with Crippen molar-refractivity contribution in [1.29, 1.82) is 0 Å². The van der Waals surface area contributed by atoms with Gasteiger partial charge in [-0.3, -0.25) is 4.90 Å². The fourth-order valence-corrected chi connectivity index (χ4v) is 2.00. The molecule has 0 saturated heterocycles. The Kier molecular flexibility index (Phi) is 6.75. The molecule has 1 aromatic rings. The Balaban J connectivity index is 2.85. The van der Waals surface area contributed by atoms with Crippen molar-refractivity contribution in [2.45, 2.75) is 12.7 Å². The fourth-order valence-electron chi connectivity index (χ4n) is 1.78. The van der Waals surface area contributed by atoms with E-state index in [0.29, 0.717) is 31.8 Å². The Bertz CT molecular complexity index is 427. The molecule has 0 fully saturated rings. The van der Waals surface area contributed by atoms with Gasteiger partial charge >= 0.3 is 6.18 Å². The summed E-state index contributed by atoms with van der Waals surface area (Å²) < 4.78 is 43.2. The summed E-state index contributed by atoms with van der Waals surface area (Å²) in [5.74, 6) is 0. The van der Waals surface area contributed by atoms with Crippen molar-refractivity contribution in [1.82, 2.24) is 4.90 Å². The number of aliphatic hydroxyl groups is 1. The van der Waals surface area contributed by atoms with Gasteiger partial charge in [0.25, 0.3) is 0 Å². The Hall–Kier alpha value is -0.820. The van der Waals surface area contributed by atoms with Crippen LogP contribution in [-0.4, -0.2) is 43.4 Å². The van der Waals surface area contributed by atoms with Crippen LogP contribution < -0.4 is 0 Å². The molecule has 0 heterocycles. The summed E-state index contributed by atoms with van der Waals surface area (Å²) in [6.45, 7) is 1.57. The number of methoxy groups -OCH3 is 1. The minimum Gasteiger partial charge on any atom is -0.395 e. The standard InChI is InChI=1S/C13H17ClF3NO2/c1-20-7-5-18(4-6-19)9-10-2-3-12(14)11(8-10)13(15,16)17/h2-3,8,19H,4-7,9H2,1H3. The molecule has 1 aromatic carbocycles. The molecule has 1 N–H and O–H groups in total. The van der Waals surface area contributed by atoms with Crippen molar-refractivity contribution in [2.75, 3.05) is 33.4 Å². The van der Waals surface area contributed by atoms with E-state index in [1.807, 2.05) is 4.90 Å². The van der Waals surface area contributed by atoms with Crippen LogP contribution in [0.4, 0.5) is 13.2 Å². The summed E-state index contributed by atoms with van der Waals surface area (Å²) in [5.41, 5.74) is -0.348. The summed E-state index contributed by atoms with van der Waals surface area (Å²) in [4.78, 5) is 1.81. The zero-order valence-electron chi connectivity index (χ0n) is 11.1. The highest BCUT2D eigenvalue weighted by atomic mass is 35.5. The largest absolute Gasteiger partial charge is 0.417 e. The summed E-state index contributed by atoms with van der Waals surface area (Å²) in [6, 6.07) is 3.83. The van der Waals surface area contributed by atoms with Gasteiger partial charge in [0.1, 0.15) is 0 Å². The molecule has 0 bridgehead atoms. The lowest BCUT2D eigenvalue weighted by Gasteiger charge is -2.21. The van der Waals surface area contributed by atoms with Crippen LogP contribution in [0.15, 0.2) is 18.2 Å². The Morgan fingerprint density at radius 1 is 1.30 bits per heavy atom. The van der Waals surface area contributed by atoms with E-state index in [9.17, 15) is 13.2 Å². The molecule has 0 aromatic heterocycles. The molecule has 7 heteroatoms. The first kappa shape index (κ1) is 17.2. The zero-order valence-corrected chi connectivity index (χ0v) is 11.8. The van der Waals surface area contributed by atoms with E-state index in [1.54, 1.807) is 13.2 Å². The molecule has 0 aliphatic rings. The van der Waals surface area contributed by atoms with Gasteiger partial charge in [-0.2, -0.15) is 13.2 Å². The SMILES string of the molecule is COCCN(CCO)Cc1ccc(Cl)c(C(F)(F)F)c1. The van der Waals surface area contributed by atoms with Crippen LogP contribution in [0.1, 0.15) is 11.1 Å². The van der Waals surface area contributed by atoms with Gasteiger partial charge in [-0.25, -0.2) is 0 Å². The molecule has 0 aliphatic heterocycles. The fraction of sp³-hybridized carbons (Fsp3) is 0.538. The van der Waals surface area contributed by atoms with Crippen molar-refractivity contribution in [3.8, 4) is 0 Å². The molecule has 0 radical (unpaired) electrons. The molecule has 20 heavy (non-hydrogen) atoms. The number of ether oxygens (including phenoxy) is 1. The third-order valence-electron chi connectivity index (χ3n) is 2.77. The average Bonchev–Trinajstić information content (AvgIpc) is 2.37. The predicted octanol–water partition coefficient (Wildman–Crippen LogP) is 2.80. The number of aliphatic hydroxyl groups excluding tert-OH is 1. The van der Waals surface area contributed by atoms with E-state index in [2.05, 4.69) is 0 Å². The molecule has 114 valence electrons.